The number of nitrogens with one attached hydrogen (secondary N) is 1. The highest BCUT2D eigenvalue weighted by molar-refractivity contribution is 8.00. The molecule has 0 bridgehead atoms. The normalized spacial score (nSPS) is 11.9. The molecule has 154 valence electrons. The van der Waals surface area contributed by atoms with Gasteiger partial charge in [0.15, 0.2) is 0 Å². The van der Waals surface area contributed by atoms with Crippen molar-refractivity contribution in [1.29, 1.82) is 0 Å². The molecule has 0 fully saturated rings. The van der Waals surface area contributed by atoms with Crippen LogP contribution in [0.25, 0.3) is 10.2 Å². The average Bonchev–Trinajstić information content (AvgIpc) is 2.93. The van der Waals surface area contributed by atoms with Gasteiger partial charge in [0.05, 0.1) is 10.6 Å². The fourth-order valence-corrected chi connectivity index (χ4v) is 5.64. The maximum absolute atomic E-state index is 12.4. The lowest BCUT2D eigenvalue weighted by Crippen LogP contribution is -2.22. The Labute approximate surface area is 178 Å². The first kappa shape index (κ1) is 21.7. The number of benzene rings is 1. The molecule has 3 rings (SSSR count). The molecule has 0 spiro atoms. The van der Waals surface area contributed by atoms with Crippen LogP contribution in [0.2, 0.25) is 0 Å². The third-order valence-electron chi connectivity index (χ3n) is 4.36. The minimum atomic E-state index is -3.49. The number of nitrogens with zero attached hydrogens (tertiary/aromatic N) is 3. The van der Waals surface area contributed by atoms with E-state index >= 15 is 0 Å². The molecular weight excluding hydrogens is 428 g/mol. The van der Waals surface area contributed by atoms with Gasteiger partial charge in [0, 0.05) is 30.0 Å². The largest absolute Gasteiger partial charge is 0.325 e. The first-order valence-corrected chi connectivity index (χ1v) is 12.0. The van der Waals surface area contributed by atoms with E-state index in [0.29, 0.717) is 11.5 Å². The Morgan fingerprint density at radius 3 is 2.41 bits per heavy atom. The minimum Gasteiger partial charge on any atom is -0.325 e. The maximum Gasteiger partial charge on any atom is 0.242 e. The highest BCUT2D eigenvalue weighted by Gasteiger charge is 2.17. The lowest BCUT2D eigenvalue weighted by atomic mass is 10.2. The van der Waals surface area contributed by atoms with Gasteiger partial charge in [-0.2, -0.15) is 0 Å². The zero-order valence-corrected chi connectivity index (χ0v) is 19.3. The number of carbonyl (C=O) groups excluding carboxylic acids is 1. The summed E-state index contributed by atoms with van der Waals surface area (Å²) in [6.07, 6.45) is 0. The SMILES string of the molecule is Cc1nc(SCC(=O)Nc2ccc(S(=O)(=O)N(C)C)cc2)c2c(C)c(C)sc2n1. The van der Waals surface area contributed by atoms with Gasteiger partial charge in [-0.25, -0.2) is 22.7 Å². The van der Waals surface area contributed by atoms with Crippen molar-refractivity contribution in [2.24, 2.45) is 0 Å². The number of hydrogen-bond donors (Lipinski definition) is 1. The lowest BCUT2D eigenvalue weighted by Gasteiger charge is -2.12. The van der Waals surface area contributed by atoms with Crippen molar-refractivity contribution in [2.45, 2.75) is 30.7 Å². The van der Waals surface area contributed by atoms with Gasteiger partial charge >= 0.3 is 0 Å². The van der Waals surface area contributed by atoms with Gasteiger partial charge < -0.3 is 5.32 Å². The minimum absolute atomic E-state index is 0.178. The molecule has 0 aliphatic carbocycles. The Bertz CT molecular complexity index is 1170. The van der Waals surface area contributed by atoms with Crippen molar-refractivity contribution in [3.63, 3.8) is 0 Å². The Hall–Kier alpha value is -2.01. The molecule has 0 radical (unpaired) electrons. The summed E-state index contributed by atoms with van der Waals surface area (Å²) in [7, 11) is -0.538. The molecule has 0 atom stereocenters. The van der Waals surface area contributed by atoms with Gasteiger partial charge in [0.1, 0.15) is 15.7 Å². The summed E-state index contributed by atoms with van der Waals surface area (Å²) in [6, 6.07) is 6.12. The van der Waals surface area contributed by atoms with Crippen molar-refractivity contribution >= 4 is 54.9 Å². The Morgan fingerprint density at radius 2 is 1.79 bits per heavy atom. The zero-order valence-electron chi connectivity index (χ0n) is 16.8. The number of anilines is 1. The van der Waals surface area contributed by atoms with Crippen LogP contribution in [-0.2, 0) is 14.8 Å². The third kappa shape index (κ3) is 4.61. The van der Waals surface area contributed by atoms with Crippen molar-refractivity contribution in [3.05, 3.63) is 40.5 Å². The van der Waals surface area contributed by atoms with E-state index in [1.165, 1.54) is 42.9 Å². The highest BCUT2D eigenvalue weighted by atomic mass is 32.2. The van der Waals surface area contributed by atoms with Gasteiger partial charge in [-0.3, -0.25) is 4.79 Å². The molecule has 0 saturated heterocycles. The Kier molecular flexibility index (Phi) is 6.27. The molecule has 2 aromatic heterocycles. The molecule has 0 aliphatic heterocycles. The van der Waals surface area contributed by atoms with Crippen LogP contribution in [0, 0.1) is 20.8 Å². The predicted octanol–water partition coefficient (Wildman–Crippen LogP) is 3.60. The summed E-state index contributed by atoms with van der Waals surface area (Å²) >= 11 is 3.00. The number of fused-ring (bicyclic) bond motifs is 1. The molecule has 0 saturated carbocycles. The number of aromatic nitrogens is 2. The number of sulfonamides is 1. The van der Waals surface area contributed by atoms with Gasteiger partial charge in [-0.15, -0.1) is 11.3 Å². The monoisotopic (exact) mass is 450 g/mol. The van der Waals surface area contributed by atoms with Crippen LogP contribution in [0.15, 0.2) is 34.2 Å². The summed E-state index contributed by atoms with van der Waals surface area (Å²) in [5.41, 5.74) is 1.69. The van der Waals surface area contributed by atoms with Crippen LogP contribution < -0.4 is 5.32 Å². The second kappa shape index (κ2) is 8.39. The van der Waals surface area contributed by atoms with Crippen LogP contribution in [0.4, 0.5) is 5.69 Å². The van der Waals surface area contributed by atoms with E-state index < -0.39 is 10.0 Å². The van der Waals surface area contributed by atoms with Crippen molar-refractivity contribution in [2.75, 3.05) is 25.2 Å². The number of hydrogen-bond acceptors (Lipinski definition) is 7. The lowest BCUT2D eigenvalue weighted by molar-refractivity contribution is -0.113. The molecule has 3 aromatic rings. The molecule has 1 N–H and O–H groups in total. The Morgan fingerprint density at radius 1 is 1.14 bits per heavy atom. The first-order chi connectivity index (χ1) is 13.6. The molecular formula is C19H22N4O3S3. The summed E-state index contributed by atoms with van der Waals surface area (Å²) in [5, 5.41) is 4.60. The standard InChI is InChI=1S/C19H22N4O3S3/c1-11-12(2)28-19-17(11)18(20-13(3)21-19)27-10-16(24)22-14-6-8-15(9-7-14)29(25,26)23(4)5/h6-9H,10H2,1-5H3,(H,22,24). The summed E-state index contributed by atoms with van der Waals surface area (Å²) in [5.74, 6) is 0.684. The molecule has 29 heavy (non-hydrogen) atoms. The van der Waals surface area contributed by atoms with E-state index in [1.54, 1.807) is 23.5 Å². The molecule has 0 unspecified atom stereocenters. The molecule has 1 aromatic carbocycles. The van der Waals surface area contributed by atoms with Crippen LogP contribution in [0.3, 0.4) is 0 Å². The summed E-state index contributed by atoms with van der Waals surface area (Å²) in [4.78, 5) is 23.7. The molecule has 7 nitrogen and oxygen atoms in total. The van der Waals surface area contributed by atoms with Crippen LogP contribution in [0.5, 0.6) is 0 Å². The Balaban J connectivity index is 1.70. The van der Waals surface area contributed by atoms with Crippen molar-refractivity contribution in [3.8, 4) is 0 Å². The van der Waals surface area contributed by atoms with E-state index in [0.717, 1.165) is 25.1 Å². The highest BCUT2D eigenvalue weighted by Crippen LogP contribution is 2.35. The van der Waals surface area contributed by atoms with E-state index in [-0.39, 0.29) is 16.6 Å². The first-order valence-electron chi connectivity index (χ1n) is 8.79. The van der Waals surface area contributed by atoms with E-state index in [2.05, 4.69) is 22.2 Å². The number of thiophene rings is 1. The van der Waals surface area contributed by atoms with Gasteiger partial charge in [-0.1, -0.05) is 11.8 Å². The zero-order chi connectivity index (χ0) is 21.3. The summed E-state index contributed by atoms with van der Waals surface area (Å²) < 4.78 is 25.4. The number of amides is 1. The number of aryl methyl sites for hydroxylation is 3. The number of thioether (sulfide) groups is 1. The van der Waals surface area contributed by atoms with Crippen LogP contribution in [-0.4, -0.2) is 48.4 Å². The number of carbonyl (C=O) groups is 1. The quantitative estimate of drug-likeness (QED) is 0.456. The molecule has 2 heterocycles. The van der Waals surface area contributed by atoms with Crippen molar-refractivity contribution < 1.29 is 13.2 Å². The van der Waals surface area contributed by atoms with Gasteiger partial charge in [0.2, 0.25) is 15.9 Å². The van der Waals surface area contributed by atoms with Gasteiger partial charge in [-0.05, 0) is 50.6 Å². The van der Waals surface area contributed by atoms with E-state index in [4.69, 9.17) is 0 Å². The average molecular weight is 451 g/mol. The molecule has 0 aliphatic rings. The van der Waals surface area contributed by atoms with Gasteiger partial charge in [0.25, 0.3) is 0 Å². The predicted molar refractivity (Wildman–Crippen MR) is 118 cm³/mol. The molecule has 1 amide bonds. The van der Waals surface area contributed by atoms with E-state index in [1.807, 2.05) is 13.8 Å². The van der Waals surface area contributed by atoms with E-state index in [9.17, 15) is 13.2 Å². The third-order valence-corrected chi connectivity index (χ3v) is 8.27. The fraction of sp³-hybridized carbons (Fsp3) is 0.316. The molecule has 10 heteroatoms. The fourth-order valence-electron chi connectivity index (χ4n) is 2.67. The van der Waals surface area contributed by atoms with Crippen LogP contribution >= 0.6 is 23.1 Å². The maximum atomic E-state index is 12.4. The summed E-state index contributed by atoms with van der Waals surface area (Å²) in [6.45, 7) is 5.94. The topological polar surface area (TPSA) is 92.3 Å². The number of rotatable bonds is 6. The second-order valence-corrected chi connectivity index (χ2v) is 11.0. The van der Waals surface area contributed by atoms with Crippen molar-refractivity contribution in [1.82, 2.24) is 14.3 Å². The second-order valence-electron chi connectivity index (χ2n) is 6.69. The smallest absolute Gasteiger partial charge is 0.242 e. The van der Waals surface area contributed by atoms with Crippen LogP contribution in [0.1, 0.15) is 16.3 Å².